The van der Waals surface area contributed by atoms with Crippen molar-refractivity contribution in [2.24, 2.45) is 5.11 Å². The van der Waals surface area contributed by atoms with Gasteiger partial charge in [-0.3, -0.25) is 0 Å². The second-order valence-electron chi connectivity index (χ2n) is 5.18. The minimum atomic E-state index is 0.510. The minimum Gasteiger partial charge on any atom is -0.348 e. The summed E-state index contributed by atoms with van der Waals surface area (Å²) in [4.78, 5) is 10.8. The van der Waals surface area contributed by atoms with Crippen molar-refractivity contribution in [2.75, 3.05) is 0 Å². The summed E-state index contributed by atoms with van der Waals surface area (Å²) in [6, 6.07) is 7.47. The van der Waals surface area contributed by atoms with Gasteiger partial charge >= 0.3 is 0 Å². The monoisotopic (exact) mass is 283 g/mol. The van der Waals surface area contributed by atoms with Gasteiger partial charge in [0.25, 0.3) is 0 Å². The molecule has 1 aromatic carbocycles. The summed E-state index contributed by atoms with van der Waals surface area (Å²) in [6.07, 6.45) is 6.62. The average molecular weight is 283 g/mol. The van der Waals surface area contributed by atoms with Crippen molar-refractivity contribution >= 4 is 5.69 Å². The fourth-order valence-electron chi connectivity index (χ4n) is 2.56. The second-order valence-corrected chi connectivity index (χ2v) is 5.18. The zero-order valence-electron chi connectivity index (χ0n) is 12.6. The van der Waals surface area contributed by atoms with E-state index in [4.69, 9.17) is 10.5 Å². The van der Waals surface area contributed by atoms with Gasteiger partial charge in [0.05, 0.1) is 5.69 Å². The standard InChI is InChI=1S/C16H21N5/c1-3-5-13(6-4-2)16-18-11-15(19-16)12-7-9-14(10-8-12)20-21-17/h7-11,13H,3-6H2,1-2H3,(H,18,19). The second kappa shape index (κ2) is 7.50. The predicted octanol–water partition coefficient (Wildman–Crippen LogP) is 5.70. The summed E-state index contributed by atoms with van der Waals surface area (Å²) in [6.45, 7) is 4.42. The van der Waals surface area contributed by atoms with Crippen LogP contribution in [0.3, 0.4) is 0 Å². The summed E-state index contributed by atoms with van der Waals surface area (Å²) in [7, 11) is 0. The third-order valence-corrected chi connectivity index (χ3v) is 3.58. The minimum absolute atomic E-state index is 0.510. The topological polar surface area (TPSA) is 77.4 Å². The van der Waals surface area contributed by atoms with Crippen LogP contribution < -0.4 is 0 Å². The fraction of sp³-hybridized carbons (Fsp3) is 0.438. The Labute approximate surface area is 125 Å². The molecule has 0 bridgehead atoms. The van der Waals surface area contributed by atoms with E-state index in [1.807, 2.05) is 18.3 Å². The number of imidazole rings is 1. The normalized spacial score (nSPS) is 10.6. The van der Waals surface area contributed by atoms with Crippen molar-refractivity contribution in [3.63, 3.8) is 0 Å². The van der Waals surface area contributed by atoms with Crippen molar-refractivity contribution in [3.8, 4) is 11.3 Å². The lowest BCUT2D eigenvalue weighted by Crippen LogP contribution is -2.00. The highest BCUT2D eigenvalue weighted by Gasteiger charge is 2.14. The first-order valence-corrected chi connectivity index (χ1v) is 7.49. The number of rotatable bonds is 7. The Hall–Kier alpha value is -2.26. The quantitative estimate of drug-likeness (QED) is 0.394. The maximum atomic E-state index is 8.41. The Morgan fingerprint density at radius 3 is 2.43 bits per heavy atom. The Bertz CT molecular complexity index is 602. The molecule has 0 aliphatic rings. The van der Waals surface area contributed by atoms with E-state index < -0.39 is 0 Å². The van der Waals surface area contributed by atoms with Crippen LogP contribution in [0.2, 0.25) is 0 Å². The van der Waals surface area contributed by atoms with Crippen LogP contribution in [0.4, 0.5) is 5.69 Å². The van der Waals surface area contributed by atoms with Crippen LogP contribution in [0.5, 0.6) is 0 Å². The van der Waals surface area contributed by atoms with Gasteiger partial charge in [0.1, 0.15) is 5.82 Å². The molecule has 1 N–H and O–H groups in total. The predicted molar refractivity (Wildman–Crippen MR) is 85.4 cm³/mol. The van der Waals surface area contributed by atoms with Crippen molar-refractivity contribution in [3.05, 3.63) is 46.7 Å². The maximum absolute atomic E-state index is 8.41. The summed E-state index contributed by atoms with van der Waals surface area (Å²) in [5, 5.41) is 3.58. The molecule has 1 aromatic heterocycles. The molecule has 0 fully saturated rings. The van der Waals surface area contributed by atoms with Gasteiger partial charge in [0.2, 0.25) is 0 Å². The molecule has 5 nitrogen and oxygen atoms in total. The molecule has 21 heavy (non-hydrogen) atoms. The first kappa shape index (κ1) is 15.1. The number of azide groups is 1. The molecular formula is C16H21N5. The summed E-state index contributed by atoms with van der Waals surface area (Å²) in [5.41, 5.74) is 11.0. The molecule has 0 spiro atoms. The smallest absolute Gasteiger partial charge is 0.109 e. The van der Waals surface area contributed by atoms with Gasteiger partial charge < -0.3 is 4.98 Å². The Morgan fingerprint density at radius 2 is 1.86 bits per heavy atom. The Morgan fingerprint density at radius 1 is 1.19 bits per heavy atom. The van der Waals surface area contributed by atoms with Gasteiger partial charge in [-0.1, -0.05) is 56.1 Å². The van der Waals surface area contributed by atoms with E-state index in [1.165, 1.54) is 12.8 Å². The third kappa shape index (κ3) is 3.86. The lowest BCUT2D eigenvalue weighted by molar-refractivity contribution is 0.538. The Kier molecular flexibility index (Phi) is 5.41. The summed E-state index contributed by atoms with van der Waals surface area (Å²) < 4.78 is 0. The molecule has 0 radical (unpaired) electrons. The molecule has 2 rings (SSSR count). The van der Waals surface area contributed by atoms with Gasteiger partial charge in [-0.25, -0.2) is 4.98 Å². The average Bonchev–Trinajstić information content (AvgIpc) is 2.98. The van der Waals surface area contributed by atoms with Gasteiger partial charge in [-0.15, -0.1) is 0 Å². The number of hydrogen-bond donors (Lipinski definition) is 1. The molecule has 0 saturated carbocycles. The first-order chi connectivity index (χ1) is 10.3. The highest BCUT2D eigenvalue weighted by molar-refractivity contribution is 5.61. The number of aromatic amines is 1. The number of H-pyrrole nitrogens is 1. The van der Waals surface area contributed by atoms with E-state index in [9.17, 15) is 0 Å². The van der Waals surface area contributed by atoms with Crippen LogP contribution in [-0.4, -0.2) is 9.97 Å². The van der Waals surface area contributed by atoms with Crippen LogP contribution in [0.1, 0.15) is 51.3 Å². The molecule has 0 aliphatic heterocycles. The van der Waals surface area contributed by atoms with Crippen molar-refractivity contribution in [1.82, 2.24) is 9.97 Å². The van der Waals surface area contributed by atoms with E-state index >= 15 is 0 Å². The lowest BCUT2D eigenvalue weighted by Gasteiger charge is -2.11. The zero-order valence-corrected chi connectivity index (χ0v) is 12.6. The maximum Gasteiger partial charge on any atom is 0.109 e. The van der Waals surface area contributed by atoms with Gasteiger partial charge in [-0.2, -0.15) is 0 Å². The first-order valence-electron chi connectivity index (χ1n) is 7.49. The van der Waals surface area contributed by atoms with Gasteiger partial charge in [0, 0.05) is 28.3 Å². The van der Waals surface area contributed by atoms with E-state index in [2.05, 4.69) is 28.9 Å². The highest BCUT2D eigenvalue weighted by atomic mass is 15.1. The number of nitrogens with one attached hydrogen (secondary N) is 1. The van der Waals surface area contributed by atoms with Gasteiger partial charge in [-0.05, 0) is 18.4 Å². The van der Waals surface area contributed by atoms with Crippen molar-refractivity contribution < 1.29 is 0 Å². The molecular weight excluding hydrogens is 262 g/mol. The van der Waals surface area contributed by atoms with Crippen molar-refractivity contribution in [1.29, 1.82) is 0 Å². The number of nitrogens with zero attached hydrogens (tertiary/aromatic N) is 4. The molecule has 110 valence electrons. The number of aromatic nitrogens is 2. The van der Waals surface area contributed by atoms with E-state index in [-0.39, 0.29) is 0 Å². The lowest BCUT2D eigenvalue weighted by atomic mass is 9.98. The van der Waals surface area contributed by atoms with Crippen molar-refractivity contribution in [2.45, 2.75) is 45.4 Å². The van der Waals surface area contributed by atoms with Gasteiger partial charge in [0.15, 0.2) is 0 Å². The largest absolute Gasteiger partial charge is 0.348 e. The van der Waals surface area contributed by atoms with Crippen LogP contribution in [0.25, 0.3) is 21.7 Å². The summed E-state index contributed by atoms with van der Waals surface area (Å²) >= 11 is 0. The fourth-order valence-corrected chi connectivity index (χ4v) is 2.56. The molecule has 5 heteroatoms. The van der Waals surface area contributed by atoms with Crippen LogP contribution in [-0.2, 0) is 0 Å². The molecule has 0 aliphatic carbocycles. The molecule has 1 heterocycles. The SMILES string of the molecule is CCCC(CCC)c1nc(-c2ccc(N=[N+]=[N-])cc2)c[nH]1. The van der Waals surface area contributed by atoms with E-state index in [0.717, 1.165) is 29.9 Å². The third-order valence-electron chi connectivity index (χ3n) is 3.58. The number of hydrogen-bond acceptors (Lipinski definition) is 2. The van der Waals surface area contributed by atoms with Crippen LogP contribution in [0, 0.1) is 0 Å². The Balaban J connectivity index is 2.19. The van der Waals surface area contributed by atoms with Crippen LogP contribution in [0.15, 0.2) is 35.6 Å². The molecule has 2 aromatic rings. The molecule has 0 atom stereocenters. The molecule has 0 unspecified atom stereocenters. The van der Waals surface area contributed by atoms with E-state index in [0.29, 0.717) is 11.6 Å². The summed E-state index contributed by atoms with van der Waals surface area (Å²) in [5.74, 6) is 1.59. The molecule has 0 saturated heterocycles. The molecule has 0 amide bonds. The van der Waals surface area contributed by atoms with Crippen LogP contribution >= 0.6 is 0 Å². The zero-order chi connectivity index (χ0) is 15.1. The highest BCUT2D eigenvalue weighted by Crippen LogP contribution is 2.27. The number of benzene rings is 1. The van der Waals surface area contributed by atoms with E-state index in [1.54, 1.807) is 12.1 Å².